The molecule has 25 heavy (non-hydrogen) atoms. The number of thiophene rings is 2. The van der Waals surface area contributed by atoms with Crippen LogP contribution in [0.4, 0.5) is 0 Å². The van der Waals surface area contributed by atoms with Crippen LogP contribution < -0.4 is 5.56 Å². The number of hydrogen-bond donors (Lipinski definition) is 0. The molecule has 0 aliphatic carbocycles. The van der Waals surface area contributed by atoms with Gasteiger partial charge in [-0.05, 0) is 24.8 Å². The van der Waals surface area contributed by atoms with Crippen LogP contribution in [0, 0.1) is 0 Å². The molecule has 0 aromatic carbocycles. The topological polar surface area (TPSA) is 61.2 Å². The molecule has 3 aromatic heterocycles. The van der Waals surface area contributed by atoms with Gasteiger partial charge in [-0.3, -0.25) is 14.2 Å². The van der Waals surface area contributed by atoms with E-state index in [-0.39, 0.29) is 11.5 Å². The van der Waals surface area contributed by atoms with Gasteiger partial charge in [0.15, 0.2) is 5.16 Å². The first-order chi connectivity index (χ1) is 12.1. The molecule has 0 fully saturated rings. The minimum absolute atomic E-state index is 0.0254. The Hall–Kier alpha value is -1.64. The number of carbonyl (C=O) groups is 1. The summed E-state index contributed by atoms with van der Waals surface area (Å²) >= 11 is 4.61. The highest BCUT2D eigenvalue weighted by Crippen LogP contribution is 2.34. The maximum absolute atomic E-state index is 12.8. The van der Waals surface area contributed by atoms with Crippen molar-refractivity contribution in [2.45, 2.75) is 24.9 Å². The number of hydrogen-bond acceptors (Lipinski definition) is 7. The lowest BCUT2D eigenvalue weighted by atomic mass is 10.2. The van der Waals surface area contributed by atoms with Gasteiger partial charge in [0, 0.05) is 35.0 Å². The van der Waals surface area contributed by atoms with Crippen LogP contribution in [-0.2, 0) is 16.6 Å². The molecule has 0 aliphatic heterocycles. The standard InChI is InChI=1S/C17H18N2O3S3/c1-3-22-13(20)7-5-9-24-17-18-15-14(16(21)19(17)2)11(10-25-15)12-6-4-8-23-12/h4,6,8,10H,3,5,7,9H2,1-2H3. The van der Waals surface area contributed by atoms with Gasteiger partial charge >= 0.3 is 5.97 Å². The van der Waals surface area contributed by atoms with Crippen molar-refractivity contribution >= 4 is 50.6 Å². The Kier molecular flexibility index (Phi) is 5.93. The Morgan fingerprint density at radius 3 is 2.96 bits per heavy atom. The van der Waals surface area contributed by atoms with Crippen molar-refractivity contribution in [2.24, 2.45) is 7.05 Å². The van der Waals surface area contributed by atoms with Crippen molar-refractivity contribution in [3.05, 3.63) is 33.2 Å². The van der Waals surface area contributed by atoms with Gasteiger partial charge in [-0.2, -0.15) is 0 Å². The van der Waals surface area contributed by atoms with Gasteiger partial charge in [0.05, 0.1) is 12.0 Å². The van der Waals surface area contributed by atoms with Gasteiger partial charge < -0.3 is 4.74 Å². The molecule has 132 valence electrons. The SMILES string of the molecule is CCOC(=O)CCCSc1nc2scc(-c3cccs3)c2c(=O)n1C. The number of rotatable bonds is 7. The summed E-state index contributed by atoms with van der Waals surface area (Å²) in [5.74, 6) is 0.535. The molecule has 0 aliphatic rings. The van der Waals surface area contributed by atoms with Crippen molar-refractivity contribution in [1.29, 1.82) is 0 Å². The lowest BCUT2D eigenvalue weighted by Gasteiger charge is -2.07. The molecular formula is C17H18N2O3S3. The number of nitrogens with zero attached hydrogens (tertiary/aromatic N) is 2. The highest BCUT2D eigenvalue weighted by atomic mass is 32.2. The normalized spacial score (nSPS) is 11.1. The summed E-state index contributed by atoms with van der Waals surface area (Å²) in [6, 6.07) is 4.00. The van der Waals surface area contributed by atoms with Gasteiger partial charge in [-0.1, -0.05) is 17.8 Å². The summed E-state index contributed by atoms with van der Waals surface area (Å²) in [7, 11) is 1.75. The summed E-state index contributed by atoms with van der Waals surface area (Å²) in [5.41, 5.74) is 0.935. The lowest BCUT2D eigenvalue weighted by molar-refractivity contribution is -0.143. The average Bonchev–Trinajstić information content (AvgIpc) is 3.25. The Labute approximate surface area is 157 Å². The zero-order valence-electron chi connectivity index (χ0n) is 14.0. The molecule has 3 aromatic rings. The van der Waals surface area contributed by atoms with Crippen LogP contribution in [0.3, 0.4) is 0 Å². The van der Waals surface area contributed by atoms with Gasteiger partial charge in [0.1, 0.15) is 4.83 Å². The fourth-order valence-corrected chi connectivity index (χ4v) is 5.12. The third kappa shape index (κ3) is 3.96. The largest absolute Gasteiger partial charge is 0.466 e. The van der Waals surface area contributed by atoms with Gasteiger partial charge in [-0.15, -0.1) is 22.7 Å². The fourth-order valence-electron chi connectivity index (χ4n) is 2.41. The first-order valence-electron chi connectivity index (χ1n) is 7.92. The Morgan fingerprint density at radius 1 is 1.40 bits per heavy atom. The first-order valence-corrected chi connectivity index (χ1v) is 10.7. The van der Waals surface area contributed by atoms with E-state index < -0.39 is 0 Å². The third-order valence-corrected chi connectivity index (χ3v) is 6.51. The zero-order valence-corrected chi connectivity index (χ0v) is 16.4. The summed E-state index contributed by atoms with van der Waals surface area (Å²) in [4.78, 5) is 30.7. The number of aromatic nitrogens is 2. The maximum atomic E-state index is 12.8. The molecule has 0 N–H and O–H groups in total. The number of carbonyl (C=O) groups excluding carboxylic acids is 1. The van der Waals surface area contributed by atoms with E-state index in [4.69, 9.17) is 4.74 Å². The Balaban J connectivity index is 1.78. The second-order valence-electron chi connectivity index (χ2n) is 5.32. The molecule has 0 bridgehead atoms. The second-order valence-corrected chi connectivity index (χ2v) is 8.19. The van der Waals surface area contributed by atoms with Crippen LogP contribution in [0.5, 0.6) is 0 Å². The molecule has 0 saturated heterocycles. The highest BCUT2D eigenvalue weighted by molar-refractivity contribution is 7.99. The quantitative estimate of drug-likeness (QED) is 0.261. The third-order valence-electron chi connectivity index (χ3n) is 3.62. The minimum Gasteiger partial charge on any atom is -0.466 e. The second kappa shape index (κ2) is 8.16. The molecule has 0 saturated carbocycles. The van der Waals surface area contributed by atoms with Crippen LogP contribution in [-0.4, -0.2) is 27.9 Å². The van der Waals surface area contributed by atoms with Crippen LogP contribution >= 0.6 is 34.4 Å². The molecular weight excluding hydrogens is 376 g/mol. The molecule has 5 nitrogen and oxygen atoms in total. The highest BCUT2D eigenvalue weighted by Gasteiger charge is 2.16. The van der Waals surface area contributed by atoms with Gasteiger partial charge in [0.2, 0.25) is 0 Å². The predicted octanol–water partition coefficient (Wildman–Crippen LogP) is 4.16. The number of ether oxygens (including phenoxy) is 1. The van der Waals surface area contributed by atoms with Crippen molar-refractivity contribution in [3.8, 4) is 10.4 Å². The van der Waals surface area contributed by atoms with E-state index in [0.717, 1.165) is 15.3 Å². The van der Waals surface area contributed by atoms with Crippen LogP contribution in [0.25, 0.3) is 20.7 Å². The molecule has 0 amide bonds. The average molecular weight is 395 g/mol. The number of fused-ring (bicyclic) bond motifs is 1. The van der Waals surface area contributed by atoms with Crippen LogP contribution in [0.15, 0.2) is 32.8 Å². The Morgan fingerprint density at radius 2 is 2.24 bits per heavy atom. The zero-order chi connectivity index (χ0) is 17.8. The predicted molar refractivity (Wildman–Crippen MR) is 105 cm³/mol. The van der Waals surface area contributed by atoms with Gasteiger partial charge in [0.25, 0.3) is 5.56 Å². The van der Waals surface area contributed by atoms with E-state index in [1.807, 2.05) is 22.9 Å². The monoisotopic (exact) mass is 394 g/mol. The lowest BCUT2D eigenvalue weighted by Crippen LogP contribution is -2.19. The summed E-state index contributed by atoms with van der Waals surface area (Å²) in [5, 5.41) is 5.37. The first kappa shape index (κ1) is 18.2. The molecule has 0 radical (unpaired) electrons. The van der Waals surface area contributed by atoms with E-state index in [1.165, 1.54) is 23.1 Å². The molecule has 0 atom stereocenters. The van der Waals surface area contributed by atoms with E-state index in [0.29, 0.717) is 35.7 Å². The van der Waals surface area contributed by atoms with Crippen LogP contribution in [0.2, 0.25) is 0 Å². The van der Waals surface area contributed by atoms with E-state index in [1.54, 1.807) is 29.9 Å². The van der Waals surface area contributed by atoms with E-state index in [9.17, 15) is 9.59 Å². The smallest absolute Gasteiger partial charge is 0.305 e. The van der Waals surface area contributed by atoms with E-state index in [2.05, 4.69) is 4.98 Å². The summed E-state index contributed by atoms with van der Waals surface area (Å²) in [6.45, 7) is 2.21. The van der Waals surface area contributed by atoms with Crippen molar-refractivity contribution < 1.29 is 9.53 Å². The molecule has 0 unspecified atom stereocenters. The van der Waals surface area contributed by atoms with Crippen molar-refractivity contribution in [1.82, 2.24) is 9.55 Å². The fraction of sp³-hybridized carbons (Fsp3) is 0.353. The maximum Gasteiger partial charge on any atom is 0.305 e. The van der Waals surface area contributed by atoms with Gasteiger partial charge in [-0.25, -0.2) is 4.98 Å². The van der Waals surface area contributed by atoms with E-state index >= 15 is 0 Å². The molecule has 3 rings (SSSR count). The Bertz CT molecular complexity index is 929. The minimum atomic E-state index is -0.181. The number of thioether (sulfide) groups is 1. The van der Waals surface area contributed by atoms with Crippen LogP contribution in [0.1, 0.15) is 19.8 Å². The molecule has 3 heterocycles. The number of esters is 1. The van der Waals surface area contributed by atoms with Crippen molar-refractivity contribution in [2.75, 3.05) is 12.4 Å². The van der Waals surface area contributed by atoms with Crippen molar-refractivity contribution in [3.63, 3.8) is 0 Å². The summed E-state index contributed by atoms with van der Waals surface area (Å²) < 4.78 is 6.51. The molecule has 0 spiro atoms. The summed E-state index contributed by atoms with van der Waals surface area (Å²) in [6.07, 6.45) is 1.08. The molecule has 8 heteroatoms.